The lowest BCUT2D eigenvalue weighted by Gasteiger charge is -2.26. The third-order valence-corrected chi connectivity index (χ3v) is 2.71. The molecule has 0 saturated heterocycles. The second-order valence-electron chi connectivity index (χ2n) is 4.20. The summed E-state index contributed by atoms with van der Waals surface area (Å²) in [5.41, 5.74) is 1.78. The summed E-state index contributed by atoms with van der Waals surface area (Å²) in [6, 6.07) is 5.17. The third kappa shape index (κ3) is 3.94. The highest BCUT2D eigenvalue weighted by Crippen LogP contribution is 2.25. The van der Waals surface area contributed by atoms with Crippen LogP contribution in [0, 0.1) is 13.8 Å². The zero-order chi connectivity index (χ0) is 15.3. The summed E-state index contributed by atoms with van der Waals surface area (Å²) >= 11 is 0. The maximum Gasteiger partial charge on any atom is 0.293 e. The molecule has 4 nitrogen and oxygen atoms in total. The van der Waals surface area contributed by atoms with Gasteiger partial charge in [-0.1, -0.05) is 18.2 Å². The van der Waals surface area contributed by atoms with Crippen molar-refractivity contribution >= 4 is 11.6 Å². The van der Waals surface area contributed by atoms with Crippen LogP contribution in [0.4, 0.5) is 18.9 Å². The number of ether oxygens (including phenoxy) is 1. The van der Waals surface area contributed by atoms with Gasteiger partial charge in [0.25, 0.3) is 18.7 Å². The van der Waals surface area contributed by atoms with Gasteiger partial charge >= 0.3 is 0 Å². The maximum absolute atomic E-state index is 12.8. The van der Waals surface area contributed by atoms with Crippen LogP contribution < -0.4 is 4.90 Å². The van der Waals surface area contributed by atoms with E-state index in [0.717, 1.165) is 4.90 Å². The summed E-state index contributed by atoms with van der Waals surface area (Å²) in [7, 11) is 0. The summed E-state index contributed by atoms with van der Waals surface area (Å²) in [5, 5.41) is 8.93. The smallest absolute Gasteiger partial charge is 0.293 e. The van der Waals surface area contributed by atoms with Gasteiger partial charge in [0.2, 0.25) is 0 Å². The number of benzene rings is 1. The van der Waals surface area contributed by atoms with E-state index >= 15 is 0 Å². The van der Waals surface area contributed by atoms with Gasteiger partial charge in [-0.05, 0) is 25.0 Å². The average Bonchev–Trinajstić information content (AvgIpc) is 2.40. The van der Waals surface area contributed by atoms with Crippen molar-refractivity contribution in [1.82, 2.24) is 0 Å². The quantitative estimate of drug-likeness (QED) is 0.817. The molecule has 20 heavy (non-hydrogen) atoms. The predicted octanol–water partition coefficient (Wildman–Crippen LogP) is 2.16. The molecule has 0 bridgehead atoms. The molecule has 1 rings (SSSR count). The molecule has 1 atom stereocenters. The first-order valence-corrected chi connectivity index (χ1v) is 5.89. The number of nitrogens with zero attached hydrogens (tertiary/aromatic N) is 1. The van der Waals surface area contributed by atoms with Gasteiger partial charge in [-0.25, -0.2) is 13.2 Å². The molecule has 1 amide bonds. The minimum absolute atomic E-state index is 0.410. The van der Waals surface area contributed by atoms with E-state index in [1.165, 1.54) is 0 Å². The number of carbonyl (C=O) groups excluding carboxylic acids is 1. The van der Waals surface area contributed by atoms with E-state index in [1.807, 2.05) is 0 Å². The highest BCUT2D eigenvalue weighted by atomic mass is 19.3. The number of hydrogen-bond donors (Lipinski definition) is 1. The number of rotatable bonds is 6. The minimum atomic E-state index is -3.29. The summed E-state index contributed by atoms with van der Waals surface area (Å²) in [6.45, 7) is 1.89. The van der Waals surface area contributed by atoms with E-state index < -0.39 is 32.0 Å². The Balaban J connectivity index is 2.98. The Bertz CT molecular complexity index is 448. The van der Waals surface area contributed by atoms with Crippen LogP contribution in [0.3, 0.4) is 0 Å². The van der Waals surface area contributed by atoms with Gasteiger partial charge in [-0.2, -0.15) is 0 Å². The van der Waals surface area contributed by atoms with Crippen molar-refractivity contribution in [3.8, 4) is 0 Å². The van der Waals surface area contributed by atoms with Crippen molar-refractivity contribution in [2.24, 2.45) is 0 Å². The number of aliphatic hydroxyl groups excluding tert-OH is 1. The van der Waals surface area contributed by atoms with Gasteiger partial charge in [0, 0.05) is 0 Å². The lowest BCUT2D eigenvalue weighted by atomic mass is 10.1. The number of aliphatic hydroxyl groups is 1. The van der Waals surface area contributed by atoms with Crippen LogP contribution in [-0.4, -0.2) is 37.1 Å². The summed E-state index contributed by atoms with van der Waals surface area (Å²) in [6.07, 6.45) is -6.08. The fourth-order valence-corrected chi connectivity index (χ4v) is 1.80. The van der Waals surface area contributed by atoms with Gasteiger partial charge in [0.15, 0.2) is 0 Å². The Morgan fingerprint density at radius 2 is 1.85 bits per heavy atom. The molecule has 0 fully saturated rings. The standard InChI is InChI=1S/C13H16F3NO3/c1-8-4-3-5-9(2)11(8)17(10(19)6-18)7-20-13(16)12(14)15/h3-5,12-13,18H,6-7H2,1-2H3. The van der Waals surface area contributed by atoms with Gasteiger partial charge in [-0.3, -0.25) is 9.69 Å². The van der Waals surface area contributed by atoms with E-state index in [9.17, 15) is 18.0 Å². The summed E-state index contributed by atoms with van der Waals surface area (Å²) in [5.74, 6) is -0.760. The van der Waals surface area contributed by atoms with Gasteiger partial charge in [0.1, 0.15) is 13.3 Å². The van der Waals surface area contributed by atoms with Gasteiger partial charge in [0.05, 0.1) is 5.69 Å². The highest BCUT2D eigenvalue weighted by molar-refractivity contribution is 5.95. The number of amides is 1. The van der Waals surface area contributed by atoms with Crippen molar-refractivity contribution in [1.29, 1.82) is 0 Å². The van der Waals surface area contributed by atoms with E-state index in [4.69, 9.17) is 5.11 Å². The van der Waals surface area contributed by atoms with Crippen molar-refractivity contribution in [3.05, 3.63) is 29.3 Å². The molecule has 1 N–H and O–H groups in total. The molecule has 0 aliphatic rings. The predicted molar refractivity (Wildman–Crippen MR) is 67.3 cm³/mol. The number of alkyl halides is 3. The summed E-state index contributed by atoms with van der Waals surface area (Å²) in [4.78, 5) is 12.6. The van der Waals surface area contributed by atoms with Crippen LogP contribution in [0.5, 0.6) is 0 Å². The summed E-state index contributed by atoms with van der Waals surface area (Å²) < 4.78 is 41.3. The molecule has 7 heteroatoms. The molecule has 0 aliphatic heterocycles. The number of aryl methyl sites for hydroxylation is 2. The first-order valence-electron chi connectivity index (χ1n) is 5.89. The second-order valence-corrected chi connectivity index (χ2v) is 4.20. The van der Waals surface area contributed by atoms with Crippen LogP contribution >= 0.6 is 0 Å². The Labute approximate surface area is 114 Å². The normalized spacial score (nSPS) is 12.6. The van der Waals surface area contributed by atoms with Crippen molar-refractivity contribution < 1.29 is 27.8 Å². The van der Waals surface area contributed by atoms with Crippen LogP contribution in [0.2, 0.25) is 0 Å². The molecule has 0 aliphatic carbocycles. The molecule has 1 unspecified atom stereocenters. The van der Waals surface area contributed by atoms with Gasteiger partial charge in [-0.15, -0.1) is 0 Å². The molecule has 0 aromatic heterocycles. The molecule has 0 heterocycles. The third-order valence-electron chi connectivity index (χ3n) is 2.71. The number of halogens is 3. The van der Waals surface area contributed by atoms with E-state index in [0.29, 0.717) is 16.8 Å². The van der Waals surface area contributed by atoms with Crippen LogP contribution in [0.15, 0.2) is 18.2 Å². The lowest BCUT2D eigenvalue weighted by molar-refractivity contribution is -0.137. The molecular formula is C13H16F3NO3. The van der Waals surface area contributed by atoms with Crippen LogP contribution in [-0.2, 0) is 9.53 Å². The minimum Gasteiger partial charge on any atom is -0.387 e. The monoisotopic (exact) mass is 291 g/mol. The Hall–Kier alpha value is -1.60. The van der Waals surface area contributed by atoms with Crippen LogP contribution in [0.25, 0.3) is 0 Å². The average molecular weight is 291 g/mol. The van der Waals surface area contributed by atoms with Crippen molar-refractivity contribution in [3.63, 3.8) is 0 Å². The molecule has 112 valence electrons. The number of anilines is 1. The maximum atomic E-state index is 12.8. The molecule has 0 saturated carbocycles. The topological polar surface area (TPSA) is 49.8 Å². The van der Waals surface area contributed by atoms with Crippen molar-refractivity contribution in [2.45, 2.75) is 26.6 Å². The zero-order valence-corrected chi connectivity index (χ0v) is 11.1. The van der Waals surface area contributed by atoms with E-state index in [-0.39, 0.29) is 0 Å². The molecular weight excluding hydrogens is 275 g/mol. The van der Waals surface area contributed by atoms with Crippen LogP contribution in [0.1, 0.15) is 11.1 Å². The molecule has 0 spiro atoms. The van der Waals surface area contributed by atoms with E-state index in [2.05, 4.69) is 4.74 Å². The Kier molecular flexibility index (Phi) is 5.97. The zero-order valence-electron chi connectivity index (χ0n) is 11.1. The van der Waals surface area contributed by atoms with E-state index in [1.54, 1.807) is 32.0 Å². The number of carbonyl (C=O) groups is 1. The Morgan fingerprint density at radius 1 is 1.30 bits per heavy atom. The highest BCUT2D eigenvalue weighted by Gasteiger charge is 2.24. The Morgan fingerprint density at radius 3 is 2.30 bits per heavy atom. The SMILES string of the molecule is Cc1cccc(C)c1N(COC(F)C(F)F)C(=O)CO. The first-order chi connectivity index (χ1) is 9.38. The molecule has 0 radical (unpaired) electrons. The largest absolute Gasteiger partial charge is 0.387 e. The van der Waals surface area contributed by atoms with Crippen molar-refractivity contribution in [2.75, 3.05) is 18.2 Å². The molecule has 1 aromatic rings. The van der Waals surface area contributed by atoms with Gasteiger partial charge < -0.3 is 9.84 Å². The fraction of sp³-hybridized carbons (Fsp3) is 0.462. The number of hydrogen-bond acceptors (Lipinski definition) is 3. The number of para-hydroxylation sites is 1. The lowest BCUT2D eigenvalue weighted by Crippen LogP contribution is -2.38. The fourth-order valence-electron chi connectivity index (χ4n) is 1.80. The first kappa shape index (κ1) is 16.5. The molecule has 1 aromatic carbocycles. The second kappa shape index (κ2) is 7.25.